The van der Waals surface area contributed by atoms with Gasteiger partial charge in [-0.3, -0.25) is 0 Å². The molecule has 2 amide bonds. The average Bonchev–Trinajstić information content (AvgIpc) is 2.39. The highest BCUT2D eigenvalue weighted by atomic mass is 16.2. The molecule has 20 heavy (non-hydrogen) atoms. The summed E-state index contributed by atoms with van der Waals surface area (Å²) in [7, 11) is 0. The van der Waals surface area contributed by atoms with Crippen LogP contribution in [0.5, 0.6) is 0 Å². The van der Waals surface area contributed by atoms with Gasteiger partial charge in [0.25, 0.3) is 0 Å². The molecule has 1 aliphatic rings. The minimum Gasteiger partial charge on any atom is -0.325 e. The number of hydrogen-bond acceptors (Lipinski definition) is 2. The highest BCUT2D eigenvalue weighted by Gasteiger charge is 2.34. The second-order valence-electron chi connectivity index (χ2n) is 6.65. The van der Waals surface area contributed by atoms with Gasteiger partial charge in [0.1, 0.15) is 0 Å². The fraction of sp³-hybridized carbons (Fsp3) is 0.938. The lowest BCUT2D eigenvalue weighted by Gasteiger charge is -2.44. The van der Waals surface area contributed by atoms with E-state index >= 15 is 0 Å². The molecule has 0 radical (unpaired) electrons. The van der Waals surface area contributed by atoms with Crippen molar-refractivity contribution in [2.24, 2.45) is 11.8 Å². The van der Waals surface area contributed by atoms with Gasteiger partial charge in [-0.05, 0) is 32.1 Å². The first-order valence-electron chi connectivity index (χ1n) is 8.19. The van der Waals surface area contributed by atoms with E-state index in [0.717, 1.165) is 32.6 Å². The normalized spacial score (nSPS) is 23.5. The molecule has 118 valence electrons. The fourth-order valence-corrected chi connectivity index (χ4v) is 2.93. The van der Waals surface area contributed by atoms with Gasteiger partial charge < -0.3 is 15.1 Å². The zero-order chi connectivity index (χ0) is 15.3. The van der Waals surface area contributed by atoms with Crippen LogP contribution >= 0.6 is 0 Å². The van der Waals surface area contributed by atoms with Crippen molar-refractivity contribution < 1.29 is 4.79 Å². The summed E-state index contributed by atoms with van der Waals surface area (Å²) in [6.07, 6.45) is 1.07. The molecule has 2 unspecified atom stereocenters. The third-order valence-corrected chi connectivity index (χ3v) is 4.28. The van der Waals surface area contributed by atoms with Crippen LogP contribution in [0.1, 0.15) is 48.0 Å². The first kappa shape index (κ1) is 17.3. The van der Waals surface area contributed by atoms with Gasteiger partial charge in [-0.25, -0.2) is 4.79 Å². The molecule has 1 saturated heterocycles. The van der Waals surface area contributed by atoms with Crippen molar-refractivity contribution in [2.45, 2.75) is 60.0 Å². The molecular weight excluding hydrogens is 250 g/mol. The van der Waals surface area contributed by atoms with Gasteiger partial charge in [-0.1, -0.05) is 27.7 Å². The summed E-state index contributed by atoms with van der Waals surface area (Å²) in [6, 6.07) is 0.962. The number of urea groups is 1. The van der Waals surface area contributed by atoms with E-state index in [-0.39, 0.29) is 6.03 Å². The van der Waals surface area contributed by atoms with E-state index in [1.165, 1.54) is 0 Å². The first-order chi connectivity index (χ1) is 9.40. The zero-order valence-corrected chi connectivity index (χ0v) is 14.1. The van der Waals surface area contributed by atoms with Gasteiger partial charge in [-0.15, -0.1) is 0 Å². The number of carbonyl (C=O) groups is 1. The maximum Gasteiger partial charge on any atom is 0.320 e. The van der Waals surface area contributed by atoms with E-state index in [1.807, 2.05) is 4.90 Å². The lowest BCUT2D eigenvalue weighted by atomic mass is 9.95. The highest BCUT2D eigenvalue weighted by Crippen LogP contribution is 2.20. The summed E-state index contributed by atoms with van der Waals surface area (Å²) >= 11 is 0. The Bertz CT molecular complexity index is 300. The maximum atomic E-state index is 12.7. The Balaban J connectivity index is 2.82. The highest BCUT2D eigenvalue weighted by molar-refractivity contribution is 5.75. The van der Waals surface area contributed by atoms with E-state index in [9.17, 15) is 4.79 Å². The lowest BCUT2D eigenvalue weighted by molar-refractivity contribution is 0.0930. The summed E-state index contributed by atoms with van der Waals surface area (Å²) in [5.41, 5.74) is 0. The summed E-state index contributed by atoms with van der Waals surface area (Å²) in [5, 5.41) is 3.62. The number of amides is 2. The van der Waals surface area contributed by atoms with Crippen LogP contribution in [-0.2, 0) is 0 Å². The molecule has 0 saturated carbocycles. The minimum atomic E-state index is 0.216. The number of hydrogen-bond donors (Lipinski definition) is 1. The third-order valence-electron chi connectivity index (χ3n) is 4.28. The van der Waals surface area contributed by atoms with Gasteiger partial charge in [0, 0.05) is 38.3 Å². The zero-order valence-electron chi connectivity index (χ0n) is 14.1. The predicted molar refractivity (Wildman–Crippen MR) is 84.9 cm³/mol. The van der Waals surface area contributed by atoms with Crippen molar-refractivity contribution in [3.05, 3.63) is 0 Å². The van der Waals surface area contributed by atoms with Crippen LogP contribution < -0.4 is 5.32 Å². The van der Waals surface area contributed by atoms with Crippen molar-refractivity contribution in [2.75, 3.05) is 26.2 Å². The molecule has 4 nitrogen and oxygen atoms in total. The monoisotopic (exact) mass is 283 g/mol. The topological polar surface area (TPSA) is 35.6 Å². The molecule has 2 atom stereocenters. The van der Waals surface area contributed by atoms with Crippen molar-refractivity contribution in [3.63, 3.8) is 0 Å². The molecule has 0 aromatic heterocycles. The Morgan fingerprint density at radius 3 is 2.30 bits per heavy atom. The van der Waals surface area contributed by atoms with E-state index in [0.29, 0.717) is 23.9 Å². The average molecular weight is 283 g/mol. The molecule has 1 fully saturated rings. The van der Waals surface area contributed by atoms with E-state index in [2.05, 4.69) is 51.8 Å². The Hall–Kier alpha value is -0.770. The Labute approximate surface area is 124 Å². The molecule has 1 heterocycles. The quantitative estimate of drug-likeness (QED) is 0.842. The first-order valence-corrected chi connectivity index (χ1v) is 8.19. The van der Waals surface area contributed by atoms with Crippen LogP contribution in [0.15, 0.2) is 0 Å². The maximum absolute atomic E-state index is 12.7. The molecule has 1 rings (SSSR count). The van der Waals surface area contributed by atoms with Crippen molar-refractivity contribution in [3.8, 4) is 0 Å². The lowest BCUT2D eigenvalue weighted by Crippen LogP contribution is -2.62. The Morgan fingerprint density at radius 2 is 1.85 bits per heavy atom. The number of nitrogens with zero attached hydrogens (tertiary/aromatic N) is 2. The standard InChI is InChI=1S/C16H33N3O/c1-7-18(8-2)16(20)19-11-15(13(5)6)17-10-14(19)9-12(3)4/h12-15,17H,7-11H2,1-6H3. The molecule has 0 aromatic carbocycles. The number of nitrogens with one attached hydrogen (secondary N) is 1. The van der Waals surface area contributed by atoms with E-state index in [1.54, 1.807) is 0 Å². The number of piperazine rings is 1. The molecule has 0 aromatic rings. The molecular formula is C16H33N3O. The largest absolute Gasteiger partial charge is 0.325 e. The fourth-order valence-electron chi connectivity index (χ4n) is 2.93. The molecule has 1 N–H and O–H groups in total. The molecule has 0 aliphatic carbocycles. The van der Waals surface area contributed by atoms with Gasteiger partial charge in [0.15, 0.2) is 0 Å². The van der Waals surface area contributed by atoms with Crippen LogP contribution in [-0.4, -0.2) is 54.1 Å². The molecule has 1 aliphatic heterocycles. The third kappa shape index (κ3) is 4.37. The number of rotatable bonds is 5. The van der Waals surface area contributed by atoms with Crippen LogP contribution in [0, 0.1) is 11.8 Å². The summed E-state index contributed by atoms with van der Waals surface area (Å²) in [6.45, 7) is 16.4. The summed E-state index contributed by atoms with van der Waals surface area (Å²) in [5.74, 6) is 1.17. The second-order valence-corrected chi connectivity index (χ2v) is 6.65. The SMILES string of the molecule is CCN(CC)C(=O)N1CC(C(C)C)NCC1CC(C)C. The Morgan fingerprint density at radius 1 is 1.25 bits per heavy atom. The van der Waals surface area contributed by atoms with E-state index < -0.39 is 0 Å². The molecule has 0 bridgehead atoms. The van der Waals surface area contributed by atoms with Crippen molar-refractivity contribution in [1.82, 2.24) is 15.1 Å². The van der Waals surface area contributed by atoms with Gasteiger partial charge in [0.2, 0.25) is 0 Å². The van der Waals surface area contributed by atoms with E-state index in [4.69, 9.17) is 0 Å². The van der Waals surface area contributed by atoms with Crippen LogP contribution in [0.25, 0.3) is 0 Å². The van der Waals surface area contributed by atoms with Crippen LogP contribution in [0.2, 0.25) is 0 Å². The molecule has 4 heteroatoms. The predicted octanol–water partition coefficient (Wildman–Crippen LogP) is 2.79. The summed E-state index contributed by atoms with van der Waals surface area (Å²) < 4.78 is 0. The Kier molecular flexibility index (Phi) is 6.80. The van der Waals surface area contributed by atoms with Gasteiger partial charge >= 0.3 is 6.03 Å². The molecule has 0 spiro atoms. The van der Waals surface area contributed by atoms with Gasteiger partial charge in [0.05, 0.1) is 0 Å². The minimum absolute atomic E-state index is 0.216. The van der Waals surface area contributed by atoms with Crippen LogP contribution in [0.3, 0.4) is 0 Å². The van der Waals surface area contributed by atoms with Crippen LogP contribution in [0.4, 0.5) is 4.79 Å². The number of carbonyl (C=O) groups excluding carboxylic acids is 1. The van der Waals surface area contributed by atoms with Crippen molar-refractivity contribution in [1.29, 1.82) is 0 Å². The summed E-state index contributed by atoms with van der Waals surface area (Å²) in [4.78, 5) is 16.8. The van der Waals surface area contributed by atoms with Crippen molar-refractivity contribution >= 4 is 6.03 Å². The van der Waals surface area contributed by atoms with Gasteiger partial charge in [-0.2, -0.15) is 0 Å². The second kappa shape index (κ2) is 7.87. The smallest absolute Gasteiger partial charge is 0.320 e.